The Hall–Kier alpha value is -3.45. The number of hydrogen-bond acceptors (Lipinski definition) is 9. The smallest absolute Gasteiger partial charge is 0.407 e. The molecule has 0 spiro atoms. The Balaban J connectivity index is 1.62. The third-order valence-corrected chi connectivity index (χ3v) is 6.18. The molecule has 14 heteroatoms. The summed E-state index contributed by atoms with van der Waals surface area (Å²) in [5.74, 6) is 0.115. The van der Waals surface area contributed by atoms with E-state index in [-0.39, 0.29) is 45.6 Å². The fourth-order valence-corrected chi connectivity index (χ4v) is 4.37. The van der Waals surface area contributed by atoms with E-state index in [1.54, 1.807) is 33.8 Å². The lowest BCUT2D eigenvalue weighted by molar-refractivity contribution is 0.0511. The summed E-state index contributed by atoms with van der Waals surface area (Å²) in [6.07, 6.45) is 3.65. The first-order valence-corrected chi connectivity index (χ1v) is 14.5. The number of carbonyl (C=O) groups is 1. The van der Waals surface area contributed by atoms with E-state index < -0.39 is 27.5 Å². The van der Waals surface area contributed by atoms with E-state index in [4.69, 9.17) is 20.8 Å². The highest BCUT2D eigenvalue weighted by Gasteiger charge is 2.32. The van der Waals surface area contributed by atoms with Gasteiger partial charge in [0.1, 0.15) is 17.0 Å². The van der Waals surface area contributed by atoms with Crippen LogP contribution in [-0.2, 0) is 14.8 Å². The van der Waals surface area contributed by atoms with Gasteiger partial charge in [0.05, 0.1) is 11.9 Å². The van der Waals surface area contributed by atoms with Gasteiger partial charge in [0.2, 0.25) is 16.0 Å². The van der Waals surface area contributed by atoms with Crippen molar-refractivity contribution in [2.24, 2.45) is 0 Å². The Morgan fingerprint density at radius 3 is 2.64 bits per heavy atom. The first kappa shape index (κ1) is 28.6. The van der Waals surface area contributed by atoms with Crippen molar-refractivity contribution in [1.29, 1.82) is 0 Å². The molecule has 2 aromatic heterocycles. The lowest BCUT2D eigenvalue weighted by atomic mass is 10.1. The van der Waals surface area contributed by atoms with Gasteiger partial charge in [0, 0.05) is 35.3 Å². The number of rotatable bonds is 9. The van der Waals surface area contributed by atoms with E-state index in [9.17, 15) is 13.2 Å². The quantitative estimate of drug-likeness (QED) is 0.312. The Bertz CT molecular complexity index is 1490. The monoisotopic (exact) mass is 580 g/mol. The van der Waals surface area contributed by atoms with E-state index in [1.165, 1.54) is 18.3 Å². The fourth-order valence-electron chi connectivity index (χ4n) is 3.61. The number of nitrogens with one attached hydrogen (secondary N) is 3. The maximum Gasteiger partial charge on any atom is 0.407 e. The highest BCUT2D eigenvalue weighted by Crippen LogP contribution is 2.44. The third-order valence-electron chi connectivity index (χ3n) is 5.38. The van der Waals surface area contributed by atoms with Crippen LogP contribution in [0.3, 0.4) is 0 Å². The SMILES string of the molecule is CC(CNc1nccc(-c2oc(C3CC3)nc2-c2cc(Cl)cc(NS(C)(=O)=O)c2F)n1)NC(=O)OC(C)(C)C. The average Bonchev–Trinajstić information content (AvgIpc) is 3.56. The molecule has 0 bridgehead atoms. The van der Waals surface area contributed by atoms with E-state index in [0.717, 1.165) is 19.1 Å². The summed E-state index contributed by atoms with van der Waals surface area (Å²) in [5, 5.41) is 5.89. The lowest BCUT2D eigenvalue weighted by Crippen LogP contribution is -2.41. The van der Waals surface area contributed by atoms with Crippen molar-refractivity contribution < 1.29 is 26.8 Å². The van der Waals surface area contributed by atoms with Crippen molar-refractivity contribution in [2.45, 2.75) is 58.1 Å². The Morgan fingerprint density at radius 2 is 2.00 bits per heavy atom. The Labute approximate surface area is 231 Å². The molecule has 39 heavy (non-hydrogen) atoms. The van der Waals surface area contributed by atoms with Crippen molar-refractivity contribution in [3.05, 3.63) is 41.1 Å². The van der Waals surface area contributed by atoms with Gasteiger partial charge in [-0.1, -0.05) is 11.6 Å². The zero-order chi connectivity index (χ0) is 28.5. The molecule has 2 heterocycles. The van der Waals surface area contributed by atoms with Gasteiger partial charge in [-0.25, -0.2) is 32.6 Å². The van der Waals surface area contributed by atoms with Crippen molar-refractivity contribution in [3.8, 4) is 22.7 Å². The standard InChI is InChI=1S/C25H30ClFN6O5S/c1-13(30-24(34)38-25(2,3)4)12-29-23-28-9-8-17(31-23)21-20(32-22(37-21)14-6-7-14)16-10-15(26)11-18(19(16)27)33-39(5,35)36/h8-11,13-14,33H,6-7,12H2,1-5H3,(H,30,34)(H,28,29,31). The minimum atomic E-state index is -3.77. The van der Waals surface area contributed by atoms with Crippen molar-refractivity contribution in [3.63, 3.8) is 0 Å². The maximum absolute atomic E-state index is 15.5. The summed E-state index contributed by atoms with van der Waals surface area (Å²) in [7, 11) is -3.77. The third kappa shape index (κ3) is 7.79. The molecular formula is C25H30ClFN6O5S. The van der Waals surface area contributed by atoms with E-state index >= 15 is 4.39 Å². The summed E-state index contributed by atoms with van der Waals surface area (Å²) in [6.45, 7) is 7.42. The zero-order valence-electron chi connectivity index (χ0n) is 22.1. The molecular weight excluding hydrogens is 551 g/mol. The number of amides is 1. The molecule has 1 aliphatic carbocycles. The van der Waals surface area contributed by atoms with Gasteiger partial charge in [0.15, 0.2) is 17.5 Å². The molecule has 1 aromatic carbocycles. The van der Waals surface area contributed by atoms with Gasteiger partial charge in [-0.15, -0.1) is 0 Å². The number of aromatic nitrogens is 3. The van der Waals surface area contributed by atoms with Gasteiger partial charge >= 0.3 is 6.09 Å². The second kappa shape index (κ2) is 11.0. The maximum atomic E-state index is 15.5. The Kier molecular flexibility index (Phi) is 8.03. The van der Waals surface area contributed by atoms with Crippen LogP contribution in [0.4, 0.5) is 20.8 Å². The van der Waals surface area contributed by atoms with E-state index in [1.807, 2.05) is 0 Å². The van der Waals surface area contributed by atoms with Gasteiger partial charge in [-0.2, -0.15) is 0 Å². The number of alkyl carbamates (subject to hydrolysis) is 1. The molecule has 4 rings (SSSR count). The van der Waals surface area contributed by atoms with E-state index in [2.05, 4.69) is 30.3 Å². The normalized spacial score (nSPS) is 14.5. The molecule has 1 fully saturated rings. The molecule has 1 atom stereocenters. The van der Waals surface area contributed by atoms with Crippen LogP contribution in [-0.4, -0.2) is 53.9 Å². The number of ether oxygens (including phenoxy) is 1. The average molecular weight is 581 g/mol. The van der Waals surface area contributed by atoms with Crippen LogP contribution >= 0.6 is 11.6 Å². The minimum Gasteiger partial charge on any atom is -0.444 e. The molecule has 0 aliphatic heterocycles. The first-order chi connectivity index (χ1) is 18.2. The molecule has 210 valence electrons. The second-order valence-corrected chi connectivity index (χ2v) is 12.6. The molecule has 1 saturated carbocycles. The van der Waals surface area contributed by atoms with Gasteiger partial charge < -0.3 is 19.8 Å². The predicted molar refractivity (Wildman–Crippen MR) is 146 cm³/mol. The second-order valence-electron chi connectivity index (χ2n) is 10.4. The zero-order valence-corrected chi connectivity index (χ0v) is 23.7. The van der Waals surface area contributed by atoms with Crippen LogP contribution < -0.4 is 15.4 Å². The van der Waals surface area contributed by atoms with Crippen LogP contribution in [0.5, 0.6) is 0 Å². The highest BCUT2D eigenvalue weighted by molar-refractivity contribution is 7.92. The number of nitrogens with zero attached hydrogens (tertiary/aromatic N) is 3. The van der Waals surface area contributed by atoms with Crippen molar-refractivity contribution >= 4 is 39.4 Å². The number of hydrogen-bond donors (Lipinski definition) is 3. The van der Waals surface area contributed by atoms with Crippen molar-refractivity contribution in [1.82, 2.24) is 20.3 Å². The number of sulfonamides is 1. The Morgan fingerprint density at radius 1 is 1.28 bits per heavy atom. The number of halogens is 2. The molecule has 3 aromatic rings. The number of carbonyl (C=O) groups excluding carboxylic acids is 1. The molecule has 1 aliphatic rings. The summed E-state index contributed by atoms with van der Waals surface area (Å²) < 4.78 is 52.5. The van der Waals surface area contributed by atoms with Crippen LogP contribution in [0.25, 0.3) is 22.7 Å². The summed E-state index contributed by atoms with van der Waals surface area (Å²) in [5.41, 5.74) is -0.502. The van der Waals surface area contributed by atoms with E-state index in [0.29, 0.717) is 18.1 Å². The molecule has 1 unspecified atom stereocenters. The molecule has 11 nitrogen and oxygen atoms in total. The number of oxazole rings is 1. The lowest BCUT2D eigenvalue weighted by Gasteiger charge is -2.22. The minimum absolute atomic E-state index is 0.0393. The predicted octanol–water partition coefficient (Wildman–Crippen LogP) is 5.17. The molecule has 3 N–H and O–H groups in total. The largest absolute Gasteiger partial charge is 0.444 e. The summed E-state index contributed by atoms with van der Waals surface area (Å²) >= 11 is 6.21. The first-order valence-electron chi connectivity index (χ1n) is 12.2. The van der Waals surface area contributed by atoms with Crippen molar-refractivity contribution in [2.75, 3.05) is 22.8 Å². The van der Waals surface area contributed by atoms with Crippen LogP contribution in [0.15, 0.2) is 28.8 Å². The molecule has 0 saturated heterocycles. The molecule has 1 amide bonds. The van der Waals surface area contributed by atoms with Gasteiger partial charge in [-0.05, 0) is 58.7 Å². The highest BCUT2D eigenvalue weighted by atomic mass is 35.5. The van der Waals surface area contributed by atoms with Gasteiger partial charge in [-0.3, -0.25) is 4.72 Å². The topological polar surface area (TPSA) is 148 Å². The van der Waals surface area contributed by atoms with Crippen LogP contribution in [0.1, 0.15) is 52.3 Å². The fraction of sp³-hybridized carbons (Fsp3) is 0.440. The summed E-state index contributed by atoms with van der Waals surface area (Å²) in [4.78, 5) is 25.3. The van der Waals surface area contributed by atoms with Crippen LogP contribution in [0, 0.1) is 5.82 Å². The number of benzene rings is 1. The summed E-state index contributed by atoms with van der Waals surface area (Å²) in [6, 6.07) is 3.82. The molecule has 0 radical (unpaired) electrons. The van der Waals surface area contributed by atoms with Gasteiger partial charge in [0.25, 0.3) is 0 Å². The van der Waals surface area contributed by atoms with Crippen LogP contribution in [0.2, 0.25) is 5.02 Å². The number of anilines is 2.